The quantitative estimate of drug-likeness (QED) is 0.414. The highest BCUT2D eigenvalue weighted by molar-refractivity contribution is 6.46. The lowest BCUT2D eigenvalue weighted by Crippen LogP contribution is -2.32. The molecular formula is C23H26N2O5. The molecule has 2 N–H and O–H groups in total. The second-order valence-electron chi connectivity index (χ2n) is 7.47. The number of Topliss-reactive ketones (excluding diaryl/α,β-unsaturated/α-hetero) is 1. The molecule has 158 valence electrons. The van der Waals surface area contributed by atoms with Crippen LogP contribution in [0.4, 0.5) is 0 Å². The first kappa shape index (κ1) is 21.4. The molecule has 0 unspecified atom stereocenters. The number of hydrogen-bond acceptors (Lipinski definition) is 6. The van der Waals surface area contributed by atoms with Crippen molar-refractivity contribution in [1.82, 2.24) is 9.80 Å². The molecule has 1 aliphatic rings. The van der Waals surface area contributed by atoms with Crippen LogP contribution in [-0.2, 0) is 9.59 Å². The van der Waals surface area contributed by atoms with Gasteiger partial charge in [0.25, 0.3) is 11.7 Å². The van der Waals surface area contributed by atoms with Crippen molar-refractivity contribution in [1.29, 1.82) is 0 Å². The zero-order chi connectivity index (χ0) is 21.8. The topological polar surface area (TPSA) is 90.3 Å². The molecule has 0 spiro atoms. The van der Waals surface area contributed by atoms with Gasteiger partial charge in [-0.2, -0.15) is 0 Å². The molecule has 1 heterocycles. The molecule has 0 saturated carbocycles. The largest absolute Gasteiger partial charge is 0.508 e. The SMILES string of the molecule is COc1ccc(C(O)=C2C(=O)C(=O)N(CCCN(C)C)[C@@H]2c2cccc(O)c2)cc1. The number of benzene rings is 2. The van der Waals surface area contributed by atoms with Gasteiger partial charge in [0, 0.05) is 12.1 Å². The van der Waals surface area contributed by atoms with E-state index in [9.17, 15) is 19.8 Å². The molecular weight excluding hydrogens is 384 g/mol. The molecule has 2 aromatic carbocycles. The molecule has 1 aliphatic heterocycles. The third-order valence-electron chi connectivity index (χ3n) is 5.09. The number of phenols is 1. The fourth-order valence-electron chi connectivity index (χ4n) is 3.61. The van der Waals surface area contributed by atoms with Gasteiger partial charge in [-0.05, 0) is 69.0 Å². The smallest absolute Gasteiger partial charge is 0.295 e. The second-order valence-corrected chi connectivity index (χ2v) is 7.47. The van der Waals surface area contributed by atoms with Crippen LogP contribution in [-0.4, -0.2) is 66.0 Å². The van der Waals surface area contributed by atoms with Gasteiger partial charge < -0.3 is 24.7 Å². The van der Waals surface area contributed by atoms with Crippen LogP contribution < -0.4 is 4.74 Å². The van der Waals surface area contributed by atoms with Crippen molar-refractivity contribution in [2.75, 3.05) is 34.3 Å². The zero-order valence-electron chi connectivity index (χ0n) is 17.3. The number of carbonyl (C=O) groups is 2. The average molecular weight is 410 g/mol. The number of carbonyl (C=O) groups excluding carboxylic acids is 2. The van der Waals surface area contributed by atoms with E-state index in [-0.39, 0.29) is 17.1 Å². The van der Waals surface area contributed by atoms with Crippen LogP contribution in [0.1, 0.15) is 23.6 Å². The maximum Gasteiger partial charge on any atom is 0.295 e. The third kappa shape index (κ3) is 4.31. The molecule has 1 atom stereocenters. The Morgan fingerprint density at radius 3 is 2.43 bits per heavy atom. The van der Waals surface area contributed by atoms with E-state index in [0.29, 0.717) is 29.8 Å². The second kappa shape index (κ2) is 9.00. The van der Waals surface area contributed by atoms with E-state index in [1.54, 1.807) is 36.4 Å². The van der Waals surface area contributed by atoms with Crippen LogP contribution in [0.15, 0.2) is 54.1 Å². The highest BCUT2D eigenvalue weighted by Crippen LogP contribution is 2.40. The maximum atomic E-state index is 12.9. The fraction of sp³-hybridized carbons (Fsp3) is 0.304. The van der Waals surface area contributed by atoms with E-state index in [0.717, 1.165) is 6.54 Å². The van der Waals surface area contributed by atoms with Gasteiger partial charge in [0.05, 0.1) is 18.7 Å². The van der Waals surface area contributed by atoms with E-state index < -0.39 is 17.7 Å². The van der Waals surface area contributed by atoms with Crippen LogP contribution in [0.2, 0.25) is 0 Å². The van der Waals surface area contributed by atoms with Gasteiger partial charge in [-0.25, -0.2) is 0 Å². The Morgan fingerprint density at radius 2 is 1.83 bits per heavy atom. The summed E-state index contributed by atoms with van der Waals surface area (Å²) < 4.78 is 5.14. The summed E-state index contributed by atoms with van der Waals surface area (Å²) in [7, 11) is 5.41. The van der Waals surface area contributed by atoms with Crippen molar-refractivity contribution in [2.45, 2.75) is 12.5 Å². The van der Waals surface area contributed by atoms with Gasteiger partial charge >= 0.3 is 0 Å². The van der Waals surface area contributed by atoms with Crippen molar-refractivity contribution in [3.05, 3.63) is 65.2 Å². The predicted octanol–water partition coefficient (Wildman–Crippen LogP) is 2.77. The van der Waals surface area contributed by atoms with Gasteiger partial charge in [-0.1, -0.05) is 12.1 Å². The molecule has 1 fully saturated rings. The Balaban J connectivity index is 2.08. The normalized spacial score (nSPS) is 18.3. The summed E-state index contributed by atoms with van der Waals surface area (Å²) in [6.45, 7) is 1.09. The molecule has 1 amide bonds. The Labute approximate surface area is 175 Å². The summed E-state index contributed by atoms with van der Waals surface area (Å²) in [6.07, 6.45) is 0.665. The van der Waals surface area contributed by atoms with Crippen molar-refractivity contribution in [3.63, 3.8) is 0 Å². The Hall–Kier alpha value is -3.32. The van der Waals surface area contributed by atoms with Crippen LogP contribution in [0.5, 0.6) is 11.5 Å². The van der Waals surface area contributed by atoms with Crippen molar-refractivity contribution in [2.24, 2.45) is 0 Å². The first-order chi connectivity index (χ1) is 14.3. The van der Waals surface area contributed by atoms with Crippen molar-refractivity contribution in [3.8, 4) is 11.5 Å². The monoisotopic (exact) mass is 410 g/mol. The number of aliphatic hydroxyl groups is 1. The molecule has 0 aromatic heterocycles. The van der Waals surface area contributed by atoms with E-state index in [1.807, 2.05) is 19.0 Å². The van der Waals surface area contributed by atoms with E-state index >= 15 is 0 Å². The molecule has 0 aliphatic carbocycles. The maximum absolute atomic E-state index is 12.9. The van der Waals surface area contributed by atoms with E-state index in [4.69, 9.17) is 4.74 Å². The number of nitrogens with zero attached hydrogens (tertiary/aromatic N) is 2. The number of methoxy groups -OCH3 is 1. The summed E-state index contributed by atoms with van der Waals surface area (Å²) in [4.78, 5) is 29.2. The molecule has 0 radical (unpaired) electrons. The minimum absolute atomic E-state index is 0.0145. The van der Waals surface area contributed by atoms with Gasteiger partial charge in [0.2, 0.25) is 0 Å². The molecule has 7 heteroatoms. The predicted molar refractivity (Wildman–Crippen MR) is 113 cm³/mol. The molecule has 2 aromatic rings. The molecule has 30 heavy (non-hydrogen) atoms. The van der Waals surface area contributed by atoms with Crippen molar-refractivity contribution < 1.29 is 24.5 Å². The zero-order valence-corrected chi connectivity index (χ0v) is 17.3. The number of phenolic OH excluding ortho intramolecular Hbond substituents is 1. The van der Waals surface area contributed by atoms with Gasteiger partial charge in [0.1, 0.15) is 17.3 Å². The van der Waals surface area contributed by atoms with Crippen LogP contribution in [0.3, 0.4) is 0 Å². The first-order valence-corrected chi connectivity index (χ1v) is 9.70. The number of hydrogen-bond donors (Lipinski definition) is 2. The lowest BCUT2D eigenvalue weighted by atomic mass is 9.95. The van der Waals surface area contributed by atoms with Gasteiger partial charge in [-0.15, -0.1) is 0 Å². The Kier molecular flexibility index (Phi) is 6.42. The number of ether oxygens (including phenoxy) is 1. The van der Waals surface area contributed by atoms with Gasteiger partial charge in [0.15, 0.2) is 0 Å². The lowest BCUT2D eigenvalue weighted by molar-refractivity contribution is -0.139. The molecule has 1 saturated heterocycles. The number of aliphatic hydroxyl groups excluding tert-OH is 1. The summed E-state index contributed by atoms with van der Waals surface area (Å²) >= 11 is 0. The standard InChI is InChI=1S/C23H26N2O5/c1-24(2)12-5-13-25-20(16-6-4-7-17(26)14-16)19(22(28)23(25)29)21(27)15-8-10-18(30-3)11-9-15/h4,6-11,14,20,26-27H,5,12-13H2,1-3H3/t20-/m1/s1. The summed E-state index contributed by atoms with van der Waals surface area (Å²) in [5, 5.41) is 20.9. The highest BCUT2D eigenvalue weighted by atomic mass is 16.5. The fourth-order valence-corrected chi connectivity index (χ4v) is 3.61. The van der Waals surface area contributed by atoms with Crippen LogP contribution in [0.25, 0.3) is 5.76 Å². The number of likely N-dealkylation sites (tertiary alicyclic amines) is 1. The summed E-state index contributed by atoms with van der Waals surface area (Å²) in [5.74, 6) is -1.01. The highest BCUT2D eigenvalue weighted by Gasteiger charge is 2.45. The third-order valence-corrected chi connectivity index (χ3v) is 5.09. The number of amides is 1. The Bertz CT molecular complexity index is 966. The number of aromatic hydroxyl groups is 1. The van der Waals surface area contributed by atoms with Gasteiger partial charge in [-0.3, -0.25) is 9.59 Å². The van der Waals surface area contributed by atoms with E-state index in [1.165, 1.54) is 24.1 Å². The molecule has 3 rings (SSSR count). The van der Waals surface area contributed by atoms with Crippen LogP contribution >= 0.6 is 0 Å². The van der Waals surface area contributed by atoms with Crippen molar-refractivity contribution >= 4 is 17.4 Å². The lowest BCUT2D eigenvalue weighted by Gasteiger charge is -2.26. The summed E-state index contributed by atoms with van der Waals surface area (Å²) in [5.41, 5.74) is 0.988. The molecule has 0 bridgehead atoms. The first-order valence-electron chi connectivity index (χ1n) is 9.70. The minimum Gasteiger partial charge on any atom is -0.508 e. The Morgan fingerprint density at radius 1 is 1.13 bits per heavy atom. The minimum atomic E-state index is -0.777. The number of rotatable bonds is 7. The molecule has 7 nitrogen and oxygen atoms in total. The number of ketones is 1. The van der Waals surface area contributed by atoms with Crippen LogP contribution in [0, 0.1) is 0 Å². The summed E-state index contributed by atoms with van der Waals surface area (Å²) in [6, 6.07) is 12.2. The van der Waals surface area contributed by atoms with E-state index in [2.05, 4.69) is 0 Å². The average Bonchev–Trinajstić information content (AvgIpc) is 2.98.